The number of aromatic hydroxyl groups is 1. The van der Waals surface area contributed by atoms with Crippen molar-refractivity contribution in [2.75, 3.05) is 6.61 Å². The van der Waals surface area contributed by atoms with Crippen LogP contribution in [0.4, 0.5) is 0 Å². The van der Waals surface area contributed by atoms with Crippen molar-refractivity contribution in [2.24, 2.45) is 0 Å². The number of hydrogen-bond donors (Lipinski definition) is 1. The van der Waals surface area contributed by atoms with Crippen molar-refractivity contribution in [1.82, 2.24) is 4.57 Å². The summed E-state index contributed by atoms with van der Waals surface area (Å²) in [5.41, 5.74) is 0.688. The number of rotatable bonds is 2. The lowest BCUT2D eigenvalue weighted by molar-refractivity contribution is 0.0933. The summed E-state index contributed by atoms with van der Waals surface area (Å²) >= 11 is 0. The lowest BCUT2D eigenvalue weighted by atomic mass is 10.2. The molecule has 84 valence electrons. The number of hydrogen-bond acceptors (Lipinski definition) is 3. The summed E-state index contributed by atoms with van der Waals surface area (Å²) in [5, 5.41) is 10.4. The summed E-state index contributed by atoms with van der Waals surface area (Å²) in [7, 11) is 0. The molecule has 0 bridgehead atoms. The van der Waals surface area contributed by atoms with Crippen molar-refractivity contribution in [1.29, 1.82) is 0 Å². The second-order valence-corrected chi connectivity index (χ2v) is 3.51. The topological polar surface area (TPSA) is 51.5 Å². The van der Waals surface area contributed by atoms with Gasteiger partial charge in [-0.2, -0.15) is 0 Å². The maximum absolute atomic E-state index is 11.3. The number of nitrogens with zero attached hydrogens (tertiary/aromatic N) is 1. The molecule has 0 atom stereocenters. The fourth-order valence-electron chi connectivity index (χ4n) is 1.77. The third-order valence-corrected chi connectivity index (χ3v) is 2.38. The Bertz CT molecular complexity index is 542. The largest absolute Gasteiger partial charge is 0.494 e. The SMILES string of the molecule is CCOc1ccc2c(c1)cc(O)n2C(C)=O. The quantitative estimate of drug-likeness (QED) is 0.843. The molecule has 1 aromatic heterocycles. The summed E-state index contributed by atoms with van der Waals surface area (Å²) in [5.74, 6) is 0.475. The first-order chi connectivity index (χ1) is 7.63. The Balaban J connectivity index is 2.60. The van der Waals surface area contributed by atoms with E-state index in [1.165, 1.54) is 11.5 Å². The van der Waals surface area contributed by atoms with E-state index in [4.69, 9.17) is 4.74 Å². The molecule has 0 saturated carbocycles. The van der Waals surface area contributed by atoms with Gasteiger partial charge in [-0.3, -0.25) is 9.36 Å². The molecule has 4 heteroatoms. The highest BCUT2D eigenvalue weighted by molar-refractivity contribution is 5.94. The highest BCUT2D eigenvalue weighted by Gasteiger charge is 2.11. The summed E-state index contributed by atoms with van der Waals surface area (Å²) in [6.45, 7) is 3.91. The van der Waals surface area contributed by atoms with Gasteiger partial charge < -0.3 is 9.84 Å². The molecule has 0 aliphatic rings. The molecular formula is C12H13NO3. The van der Waals surface area contributed by atoms with Gasteiger partial charge in [-0.1, -0.05) is 0 Å². The van der Waals surface area contributed by atoms with Gasteiger partial charge in [0.15, 0.2) is 5.88 Å². The molecule has 1 N–H and O–H groups in total. The smallest absolute Gasteiger partial charge is 0.230 e. The molecule has 16 heavy (non-hydrogen) atoms. The molecule has 0 saturated heterocycles. The molecule has 0 amide bonds. The zero-order valence-electron chi connectivity index (χ0n) is 9.23. The first kappa shape index (κ1) is 10.5. The van der Waals surface area contributed by atoms with Crippen LogP contribution in [-0.2, 0) is 0 Å². The van der Waals surface area contributed by atoms with Gasteiger partial charge in [-0.15, -0.1) is 0 Å². The highest BCUT2D eigenvalue weighted by Crippen LogP contribution is 2.27. The standard InChI is InChI=1S/C12H13NO3/c1-3-16-10-4-5-11-9(6-10)7-12(15)13(11)8(2)14/h4-7,15H,3H2,1-2H3. The number of aromatic nitrogens is 1. The second-order valence-electron chi connectivity index (χ2n) is 3.51. The highest BCUT2D eigenvalue weighted by atomic mass is 16.5. The van der Waals surface area contributed by atoms with Crippen LogP contribution in [0.1, 0.15) is 18.6 Å². The molecule has 1 aromatic carbocycles. The van der Waals surface area contributed by atoms with E-state index in [1.807, 2.05) is 6.92 Å². The molecule has 0 aliphatic heterocycles. The summed E-state index contributed by atoms with van der Waals surface area (Å²) in [4.78, 5) is 11.3. The Morgan fingerprint density at radius 1 is 1.44 bits per heavy atom. The van der Waals surface area contributed by atoms with Crippen LogP contribution in [-0.4, -0.2) is 22.2 Å². The lowest BCUT2D eigenvalue weighted by Gasteiger charge is -2.04. The van der Waals surface area contributed by atoms with Crippen molar-refractivity contribution in [3.63, 3.8) is 0 Å². The van der Waals surface area contributed by atoms with Gasteiger partial charge >= 0.3 is 0 Å². The van der Waals surface area contributed by atoms with Crippen LogP contribution in [0.2, 0.25) is 0 Å². The van der Waals surface area contributed by atoms with E-state index >= 15 is 0 Å². The number of carbonyl (C=O) groups excluding carboxylic acids is 1. The fraction of sp³-hybridized carbons (Fsp3) is 0.250. The van der Waals surface area contributed by atoms with E-state index in [1.54, 1.807) is 24.3 Å². The van der Waals surface area contributed by atoms with Gasteiger partial charge in [0.05, 0.1) is 12.1 Å². The molecule has 4 nitrogen and oxygen atoms in total. The van der Waals surface area contributed by atoms with Crippen LogP contribution in [0.15, 0.2) is 24.3 Å². The predicted octanol–water partition coefficient (Wildman–Crippen LogP) is 2.41. The van der Waals surface area contributed by atoms with Gasteiger partial charge in [0.1, 0.15) is 5.75 Å². The van der Waals surface area contributed by atoms with Crippen LogP contribution in [0.5, 0.6) is 11.6 Å². The minimum Gasteiger partial charge on any atom is -0.494 e. The van der Waals surface area contributed by atoms with E-state index in [2.05, 4.69) is 0 Å². The van der Waals surface area contributed by atoms with Crippen molar-refractivity contribution in [2.45, 2.75) is 13.8 Å². The van der Waals surface area contributed by atoms with Gasteiger partial charge in [0.25, 0.3) is 0 Å². The van der Waals surface area contributed by atoms with E-state index < -0.39 is 0 Å². The normalized spacial score (nSPS) is 10.6. The van der Waals surface area contributed by atoms with Crippen molar-refractivity contribution < 1.29 is 14.6 Å². The Morgan fingerprint density at radius 3 is 2.81 bits per heavy atom. The third-order valence-electron chi connectivity index (χ3n) is 2.38. The zero-order chi connectivity index (χ0) is 11.7. The van der Waals surface area contributed by atoms with Crippen LogP contribution >= 0.6 is 0 Å². The van der Waals surface area contributed by atoms with Gasteiger partial charge in [-0.05, 0) is 25.1 Å². The number of benzene rings is 1. The summed E-state index contributed by atoms with van der Waals surface area (Å²) in [6, 6.07) is 6.91. The average molecular weight is 219 g/mol. The van der Waals surface area contributed by atoms with E-state index in [9.17, 15) is 9.90 Å². The monoisotopic (exact) mass is 219 g/mol. The van der Waals surface area contributed by atoms with Crippen molar-refractivity contribution >= 4 is 16.8 Å². The molecule has 1 heterocycles. The predicted molar refractivity (Wildman–Crippen MR) is 61.1 cm³/mol. The number of fused-ring (bicyclic) bond motifs is 1. The van der Waals surface area contributed by atoms with E-state index in [0.717, 1.165) is 11.1 Å². The van der Waals surface area contributed by atoms with Crippen LogP contribution in [0, 0.1) is 0 Å². The first-order valence-corrected chi connectivity index (χ1v) is 5.11. The van der Waals surface area contributed by atoms with Gasteiger partial charge in [0.2, 0.25) is 5.91 Å². The minimum absolute atomic E-state index is 0.0452. The fourth-order valence-corrected chi connectivity index (χ4v) is 1.77. The van der Waals surface area contributed by atoms with Gasteiger partial charge in [0, 0.05) is 18.4 Å². The van der Waals surface area contributed by atoms with E-state index in [-0.39, 0.29) is 11.8 Å². The average Bonchev–Trinajstić information content (AvgIpc) is 2.53. The van der Waals surface area contributed by atoms with Gasteiger partial charge in [-0.25, -0.2) is 0 Å². The molecule has 2 rings (SSSR count). The van der Waals surface area contributed by atoms with E-state index in [0.29, 0.717) is 12.1 Å². The Kier molecular flexibility index (Phi) is 2.56. The van der Waals surface area contributed by atoms with Crippen molar-refractivity contribution in [3.8, 4) is 11.6 Å². The maximum atomic E-state index is 11.3. The maximum Gasteiger partial charge on any atom is 0.230 e. The number of ether oxygens (including phenoxy) is 1. The lowest BCUT2D eigenvalue weighted by Crippen LogP contribution is -2.03. The Hall–Kier alpha value is -1.97. The molecule has 0 aliphatic carbocycles. The molecule has 0 unspecified atom stereocenters. The minimum atomic E-state index is -0.211. The first-order valence-electron chi connectivity index (χ1n) is 5.11. The number of carbonyl (C=O) groups is 1. The van der Waals surface area contributed by atoms with Crippen LogP contribution in [0.3, 0.4) is 0 Å². The Morgan fingerprint density at radius 2 is 2.19 bits per heavy atom. The molecule has 0 radical (unpaired) electrons. The summed E-state index contributed by atoms with van der Waals surface area (Å²) < 4.78 is 6.62. The second kappa shape index (κ2) is 3.89. The Labute approximate surface area is 93.1 Å². The zero-order valence-corrected chi connectivity index (χ0v) is 9.23. The molecular weight excluding hydrogens is 206 g/mol. The van der Waals surface area contributed by atoms with Crippen LogP contribution in [0.25, 0.3) is 10.9 Å². The third kappa shape index (κ3) is 1.62. The molecule has 0 spiro atoms. The van der Waals surface area contributed by atoms with Crippen molar-refractivity contribution in [3.05, 3.63) is 24.3 Å². The summed E-state index contributed by atoms with van der Waals surface area (Å²) in [6.07, 6.45) is 0. The molecule has 0 fully saturated rings. The van der Waals surface area contributed by atoms with Crippen LogP contribution < -0.4 is 4.74 Å². The molecule has 2 aromatic rings.